The van der Waals surface area contributed by atoms with Crippen molar-refractivity contribution >= 4 is 5.91 Å². The number of likely N-dealkylation sites (tertiary alicyclic amines) is 1. The van der Waals surface area contributed by atoms with E-state index in [2.05, 4.69) is 22.3 Å². The molecule has 1 fully saturated rings. The third-order valence-corrected chi connectivity index (χ3v) is 5.32. The Balaban J connectivity index is 1.52. The van der Waals surface area contributed by atoms with Crippen molar-refractivity contribution < 1.29 is 9.32 Å². The highest BCUT2D eigenvalue weighted by Gasteiger charge is 2.31. The molecule has 6 heteroatoms. The van der Waals surface area contributed by atoms with Gasteiger partial charge in [-0.25, -0.2) is 9.97 Å². The molecular formula is C22H24N4O2. The highest BCUT2D eigenvalue weighted by Crippen LogP contribution is 2.33. The molecule has 0 spiro atoms. The summed E-state index contributed by atoms with van der Waals surface area (Å²) in [5.74, 6) is 1.50. The predicted octanol–water partition coefficient (Wildman–Crippen LogP) is 4.04. The summed E-state index contributed by atoms with van der Waals surface area (Å²) in [4.78, 5) is 24.0. The van der Waals surface area contributed by atoms with Gasteiger partial charge < -0.3 is 9.42 Å². The van der Waals surface area contributed by atoms with Crippen molar-refractivity contribution in [2.75, 3.05) is 6.54 Å². The summed E-state index contributed by atoms with van der Waals surface area (Å²) in [6.45, 7) is 4.53. The van der Waals surface area contributed by atoms with E-state index >= 15 is 0 Å². The molecule has 2 aromatic heterocycles. The average molecular weight is 376 g/mol. The van der Waals surface area contributed by atoms with E-state index in [0.29, 0.717) is 18.0 Å². The van der Waals surface area contributed by atoms with Crippen molar-refractivity contribution in [2.24, 2.45) is 0 Å². The number of amides is 1. The molecule has 1 saturated heterocycles. The van der Waals surface area contributed by atoms with Crippen molar-refractivity contribution in [3.8, 4) is 11.4 Å². The van der Waals surface area contributed by atoms with Crippen LogP contribution in [-0.4, -0.2) is 32.5 Å². The molecule has 0 radical (unpaired) electrons. The maximum Gasteiger partial charge on any atom is 0.223 e. The van der Waals surface area contributed by atoms with Gasteiger partial charge in [0.05, 0.1) is 23.0 Å². The molecule has 1 atom stereocenters. The summed E-state index contributed by atoms with van der Waals surface area (Å²) < 4.78 is 5.25. The fourth-order valence-corrected chi connectivity index (χ4v) is 3.89. The standard InChI is InChI=1S/C22H24N4O2/c1-15-21(16(2)28-25-15)22-23-13-12-18(24-22)19-9-6-14-26(19)20(27)11-10-17-7-4-3-5-8-17/h3-5,7-8,12-13,19H,6,9-11,14H2,1-2H3. The van der Waals surface area contributed by atoms with E-state index in [9.17, 15) is 4.79 Å². The molecule has 1 aliphatic rings. The number of aryl methyl sites for hydroxylation is 3. The zero-order valence-corrected chi connectivity index (χ0v) is 16.3. The number of nitrogens with zero attached hydrogens (tertiary/aromatic N) is 4. The van der Waals surface area contributed by atoms with Gasteiger partial charge in [0, 0.05) is 19.2 Å². The van der Waals surface area contributed by atoms with Crippen LogP contribution in [0.3, 0.4) is 0 Å². The Hall–Kier alpha value is -3.02. The fourth-order valence-electron chi connectivity index (χ4n) is 3.89. The molecule has 1 unspecified atom stereocenters. The molecule has 1 aliphatic heterocycles. The Labute approximate surface area is 164 Å². The van der Waals surface area contributed by atoms with E-state index in [1.54, 1.807) is 6.20 Å². The first-order chi connectivity index (χ1) is 13.6. The van der Waals surface area contributed by atoms with Crippen LogP contribution in [0.15, 0.2) is 47.1 Å². The smallest absolute Gasteiger partial charge is 0.223 e. The Morgan fingerprint density at radius 1 is 1.21 bits per heavy atom. The largest absolute Gasteiger partial charge is 0.361 e. The molecule has 1 aromatic carbocycles. The van der Waals surface area contributed by atoms with Crippen molar-refractivity contribution in [1.82, 2.24) is 20.0 Å². The zero-order valence-electron chi connectivity index (χ0n) is 16.3. The summed E-state index contributed by atoms with van der Waals surface area (Å²) in [5.41, 5.74) is 3.68. The minimum atomic E-state index is 0.00509. The van der Waals surface area contributed by atoms with Gasteiger partial charge in [0.25, 0.3) is 0 Å². The second-order valence-electron chi connectivity index (χ2n) is 7.24. The molecule has 3 aromatic rings. The minimum absolute atomic E-state index is 0.00509. The predicted molar refractivity (Wildman–Crippen MR) is 105 cm³/mol. The van der Waals surface area contributed by atoms with Crippen LogP contribution >= 0.6 is 0 Å². The van der Waals surface area contributed by atoms with E-state index in [4.69, 9.17) is 9.51 Å². The lowest BCUT2D eigenvalue weighted by Gasteiger charge is -2.24. The van der Waals surface area contributed by atoms with E-state index in [-0.39, 0.29) is 11.9 Å². The van der Waals surface area contributed by atoms with Gasteiger partial charge in [-0.1, -0.05) is 35.5 Å². The Bertz CT molecular complexity index is 948. The Kier molecular flexibility index (Phi) is 5.19. The van der Waals surface area contributed by atoms with Crippen LogP contribution < -0.4 is 0 Å². The van der Waals surface area contributed by atoms with Gasteiger partial charge in [0.2, 0.25) is 5.91 Å². The molecule has 0 aliphatic carbocycles. The minimum Gasteiger partial charge on any atom is -0.361 e. The monoisotopic (exact) mass is 376 g/mol. The summed E-state index contributed by atoms with van der Waals surface area (Å²) in [5, 5.41) is 4.00. The molecule has 3 heterocycles. The van der Waals surface area contributed by atoms with Crippen LogP contribution in [-0.2, 0) is 11.2 Å². The topological polar surface area (TPSA) is 72.1 Å². The van der Waals surface area contributed by atoms with Gasteiger partial charge in [-0.05, 0) is 44.7 Å². The lowest BCUT2D eigenvalue weighted by Crippen LogP contribution is -2.31. The van der Waals surface area contributed by atoms with E-state index in [0.717, 1.165) is 42.8 Å². The third-order valence-electron chi connectivity index (χ3n) is 5.32. The molecule has 0 N–H and O–H groups in total. The number of hydrogen-bond acceptors (Lipinski definition) is 5. The van der Waals surface area contributed by atoms with Crippen LogP contribution in [0.1, 0.15) is 48.0 Å². The second kappa shape index (κ2) is 7.92. The van der Waals surface area contributed by atoms with Crippen molar-refractivity contribution in [2.45, 2.75) is 45.6 Å². The quantitative estimate of drug-likeness (QED) is 0.672. The van der Waals surface area contributed by atoms with E-state index in [1.807, 2.05) is 43.0 Å². The van der Waals surface area contributed by atoms with Crippen molar-refractivity contribution in [3.63, 3.8) is 0 Å². The first-order valence-electron chi connectivity index (χ1n) is 9.73. The molecular weight excluding hydrogens is 352 g/mol. The maximum absolute atomic E-state index is 12.9. The molecule has 0 saturated carbocycles. The first-order valence-corrected chi connectivity index (χ1v) is 9.73. The molecule has 4 rings (SSSR count). The molecule has 144 valence electrons. The van der Waals surface area contributed by atoms with Gasteiger partial charge in [-0.15, -0.1) is 0 Å². The van der Waals surface area contributed by atoms with E-state index in [1.165, 1.54) is 5.56 Å². The van der Waals surface area contributed by atoms with Gasteiger partial charge in [0.1, 0.15) is 5.76 Å². The summed E-state index contributed by atoms with van der Waals surface area (Å²) in [6, 6.07) is 12.1. The number of carbonyl (C=O) groups excluding carboxylic acids is 1. The summed E-state index contributed by atoms with van der Waals surface area (Å²) >= 11 is 0. The molecule has 28 heavy (non-hydrogen) atoms. The average Bonchev–Trinajstić information content (AvgIpc) is 3.34. The van der Waals surface area contributed by atoms with Crippen LogP contribution in [0.4, 0.5) is 0 Å². The van der Waals surface area contributed by atoms with Gasteiger partial charge >= 0.3 is 0 Å². The number of aromatic nitrogens is 3. The third kappa shape index (κ3) is 3.67. The molecule has 0 bridgehead atoms. The SMILES string of the molecule is Cc1noc(C)c1-c1nccc(C2CCCN2C(=O)CCc2ccccc2)n1. The Morgan fingerprint density at radius 2 is 2.04 bits per heavy atom. The lowest BCUT2D eigenvalue weighted by molar-refractivity contribution is -0.132. The normalized spacial score (nSPS) is 16.5. The first kappa shape index (κ1) is 18.3. The zero-order chi connectivity index (χ0) is 19.5. The van der Waals surface area contributed by atoms with Crippen LogP contribution in [0.25, 0.3) is 11.4 Å². The van der Waals surface area contributed by atoms with E-state index < -0.39 is 0 Å². The highest BCUT2D eigenvalue weighted by molar-refractivity contribution is 5.77. The summed E-state index contributed by atoms with van der Waals surface area (Å²) in [6.07, 6.45) is 4.95. The fraction of sp³-hybridized carbons (Fsp3) is 0.364. The van der Waals surface area contributed by atoms with Gasteiger partial charge in [0.15, 0.2) is 5.82 Å². The second-order valence-corrected chi connectivity index (χ2v) is 7.24. The summed E-state index contributed by atoms with van der Waals surface area (Å²) in [7, 11) is 0. The molecule has 6 nitrogen and oxygen atoms in total. The van der Waals surface area contributed by atoms with Crippen LogP contribution in [0.5, 0.6) is 0 Å². The van der Waals surface area contributed by atoms with Crippen LogP contribution in [0.2, 0.25) is 0 Å². The number of benzene rings is 1. The Morgan fingerprint density at radius 3 is 2.79 bits per heavy atom. The van der Waals surface area contributed by atoms with Crippen molar-refractivity contribution in [3.05, 3.63) is 65.3 Å². The number of hydrogen-bond donors (Lipinski definition) is 0. The maximum atomic E-state index is 12.9. The lowest BCUT2D eigenvalue weighted by atomic mass is 10.1. The van der Waals surface area contributed by atoms with Crippen molar-refractivity contribution in [1.29, 1.82) is 0 Å². The highest BCUT2D eigenvalue weighted by atomic mass is 16.5. The van der Waals surface area contributed by atoms with Crippen LogP contribution in [0, 0.1) is 13.8 Å². The number of carbonyl (C=O) groups is 1. The number of rotatable bonds is 5. The van der Waals surface area contributed by atoms with Gasteiger partial charge in [-0.3, -0.25) is 4.79 Å². The molecule has 1 amide bonds. The van der Waals surface area contributed by atoms with Gasteiger partial charge in [-0.2, -0.15) is 0 Å².